The zero-order chi connectivity index (χ0) is 22.4. The van der Waals surface area contributed by atoms with Gasteiger partial charge in [0.15, 0.2) is 6.61 Å². The highest BCUT2D eigenvalue weighted by atomic mass is 32.1. The van der Waals surface area contributed by atoms with E-state index in [0.29, 0.717) is 11.3 Å². The second-order valence-electron chi connectivity index (χ2n) is 6.97. The molecule has 30 heavy (non-hydrogen) atoms. The Balaban J connectivity index is 2.23. The lowest BCUT2D eigenvalue weighted by Gasteiger charge is -2.11. The standard InChI is InChI=1S/C22H27NO6S/c1-7-27-21(25)18-15(6)19(22(26)29-12(2)3)30-20(18)23-17(24)11-28-16-10-8-9-13(4)14(16)5/h8-10,12H,7,11H2,1-6H3,(H,23,24). The van der Waals surface area contributed by atoms with Gasteiger partial charge in [-0.1, -0.05) is 12.1 Å². The van der Waals surface area contributed by atoms with Crippen LogP contribution in [0.5, 0.6) is 5.75 Å². The second kappa shape index (κ2) is 10.2. The van der Waals surface area contributed by atoms with E-state index in [2.05, 4.69) is 5.32 Å². The minimum atomic E-state index is -0.611. The normalized spacial score (nSPS) is 10.6. The van der Waals surface area contributed by atoms with Gasteiger partial charge >= 0.3 is 11.9 Å². The van der Waals surface area contributed by atoms with Crippen molar-refractivity contribution in [3.63, 3.8) is 0 Å². The van der Waals surface area contributed by atoms with Crippen molar-refractivity contribution in [2.45, 2.75) is 47.6 Å². The summed E-state index contributed by atoms with van der Waals surface area (Å²) >= 11 is 0.983. The molecule has 162 valence electrons. The fraction of sp³-hybridized carbons (Fsp3) is 0.409. The van der Waals surface area contributed by atoms with Gasteiger partial charge in [-0.25, -0.2) is 9.59 Å². The average Bonchev–Trinajstić information content (AvgIpc) is 2.98. The first-order valence-electron chi connectivity index (χ1n) is 9.66. The van der Waals surface area contributed by atoms with Crippen molar-refractivity contribution in [1.82, 2.24) is 0 Å². The topological polar surface area (TPSA) is 90.9 Å². The van der Waals surface area contributed by atoms with Crippen LogP contribution in [0.1, 0.15) is 57.5 Å². The van der Waals surface area contributed by atoms with Crippen LogP contribution in [0.25, 0.3) is 0 Å². The van der Waals surface area contributed by atoms with E-state index in [1.807, 2.05) is 26.0 Å². The van der Waals surface area contributed by atoms with Crippen LogP contribution in [0.2, 0.25) is 0 Å². The van der Waals surface area contributed by atoms with E-state index >= 15 is 0 Å². The van der Waals surface area contributed by atoms with E-state index in [0.717, 1.165) is 22.5 Å². The van der Waals surface area contributed by atoms with Crippen molar-refractivity contribution in [3.8, 4) is 5.75 Å². The first-order chi connectivity index (χ1) is 14.1. The van der Waals surface area contributed by atoms with E-state index in [9.17, 15) is 14.4 Å². The van der Waals surface area contributed by atoms with E-state index in [1.165, 1.54) is 0 Å². The number of carbonyl (C=O) groups excluding carboxylic acids is 3. The molecule has 1 N–H and O–H groups in total. The monoisotopic (exact) mass is 433 g/mol. The van der Waals surface area contributed by atoms with Crippen LogP contribution in [0, 0.1) is 20.8 Å². The zero-order valence-electron chi connectivity index (χ0n) is 18.1. The predicted molar refractivity (Wildman–Crippen MR) is 116 cm³/mol. The molecule has 0 saturated heterocycles. The molecule has 1 amide bonds. The quantitative estimate of drug-likeness (QED) is 0.619. The van der Waals surface area contributed by atoms with Crippen molar-refractivity contribution in [1.29, 1.82) is 0 Å². The third-order valence-electron chi connectivity index (χ3n) is 4.32. The van der Waals surface area contributed by atoms with Crippen LogP contribution in [-0.4, -0.2) is 37.2 Å². The smallest absolute Gasteiger partial charge is 0.348 e. The Hall–Kier alpha value is -2.87. The summed E-state index contributed by atoms with van der Waals surface area (Å²) in [6, 6.07) is 5.60. The molecule has 0 radical (unpaired) electrons. The molecule has 0 unspecified atom stereocenters. The molecule has 2 rings (SSSR count). The van der Waals surface area contributed by atoms with Gasteiger partial charge in [0, 0.05) is 0 Å². The molecule has 0 spiro atoms. The number of carbonyl (C=O) groups is 3. The average molecular weight is 434 g/mol. The number of esters is 2. The van der Waals surface area contributed by atoms with Gasteiger partial charge in [0.25, 0.3) is 5.91 Å². The van der Waals surface area contributed by atoms with Crippen molar-refractivity contribution in [2.75, 3.05) is 18.5 Å². The maximum atomic E-state index is 12.5. The number of nitrogens with one attached hydrogen (secondary N) is 1. The first kappa shape index (κ1) is 23.4. The molecule has 0 bridgehead atoms. The fourth-order valence-electron chi connectivity index (χ4n) is 2.70. The Morgan fingerprint density at radius 3 is 2.40 bits per heavy atom. The summed E-state index contributed by atoms with van der Waals surface area (Å²) in [6.45, 7) is 10.6. The number of anilines is 1. The molecule has 8 heteroatoms. The van der Waals surface area contributed by atoms with Crippen molar-refractivity contribution in [2.24, 2.45) is 0 Å². The highest BCUT2D eigenvalue weighted by molar-refractivity contribution is 7.18. The summed E-state index contributed by atoms with van der Waals surface area (Å²) in [5.74, 6) is -1.00. The summed E-state index contributed by atoms with van der Waals surface area (Å²) in [6.07, 6.45) is -0.311. The summed E-state index contributed by atoms with van der Waals surface area (Å²) in [5, 5.41) is 2.90. The van der Waals surface area contributed by atoms with Gasteiger partial charge in [0.1, 0.15) is 15.6 Å². The van der Waals surface area contributed by atoms with Gasteiger partial charge in [0.2, 0.25) is 0 Å². The minimum absolute atomic E-state index is 0.151. The van der Waals surface area contributed by atoms with Crippen molar-refractivity contribution < 1.29 is 28.6 Å². The van der Waals surface area contributed by atoms with Gasteiger partial charge < -0.3 is 19.5 Å². The fourth-order valence-corrected chi connectivity index (χ4v) is 3.79. The van der Waals surface area contributed by atoms with E-state index in [4.69, 9.17) is 14.2 Å². The number of amides is 1. The SMILES string of the molecule is CCOC(=O)c1c(NC(=O)COc2cccc(C)c2C)sc(C(=O)OC(C)C)c1C. The van der Waals surface area contributed by atoms with Crippen LogP contribution < -0.4 is 10.1 Å². The van der Waals surface area contributed by atoms with Gasteiger partial charge in [-0.15, -0.1) is 11.3 Å². The molecule has 0 atom stereocenters. The lowest BCUT2D eigenvalue weighted by molar-refractivity contribution is -0.118. The second-order valence-corrected chi connectivity index (χ2v) is 7.99. The summed E-state index contributed by atoms with van der Waals surface area (Å²) in [4.78, 5) is 37.6. The molecule has 0 aliphatic rings. The largest absolute Gasteiger partial charge is 0.483 e. The summed E-state index contributed by atoms with van der Waals surface area (Å²) < 4.78 is 16.0. The Bertz CT molecular complexity index is 947. The molecular formula is C22H27NO6S. The van der Waals surface area contributed by atoms with Crippen molar-refractivity contribution >= 4 is 34.2 Å². The summed E-state index contributed by atoms with van der Waals surface area (Å²) in [5.41, 5.74) is 2.57. The molecule has 1 heterocycles. The third kappa shape index (κ3) is 5.60. The molecule has 0 aliphatic heterocycles. The minimum Gasteiger partial charge on any atom is -0.483 e. The lowest BCUT2D eigenvalue weighted by Crippen LogP contribution is -2.21. The lowest BCUT2D eigenvalue weighted by atomic mass is 10.1. The number of ether oxygens (including phenoxy) is 3. The Morgan fingerprint density at radius 1 is 1.07 bits per heavy atom. The molecule has 0 saturated carbocycles. The number of thiophene rings is 1. The van der Waals surface area contributed by atoms with E-state index in [-0.39, 0.29) is 34.8 Å². The van der Waals surface area contributed by atoms with Crippen LogP contribution >= 0.6 is 11.3 Å². The highest BCUT2D eigenvalue weighted by Crippen LogP contribution is 2.34. The molecule has 0 fully saturated rings. The number of hydrogen-bond donors (Lipinski definition) is 1. The highest BCUT2D eigenvalue weighted by Gasteiger charge is 2.27. The number of benzene rings is 1. The molecule has 7 nitrogen and oxygen atoms in total. The maximum absolute atomic E-state index is 12.5. The van der Waals surface area contributed by atoms with Gasteiger partial charge in [-0.2, -0.15) is 0 Å². The van der Waals surface area contributed by atoms with Crippen LogP contribution in [-0.2, 0) is 14.3 Å². The van der Waals surface area contributed by atoms with Crippen LogP contribution in [0.3, 0.4) is 0 Å². The van der Waals surface area contributed by atoms with E-state index < -0.39 is 17.8 Å². The molecule has 0 aliphatic carbocycles. The molecule has 1 aromatic heterocycles. The van der Waals surface area contributed by atoms with Crippen LogP contribution in [0.4, 0.5) is 5.00 Å². The van der Waals surface area contributed by atoms with Gasteiger partial charge in [-0.05, 0) is 64.3 Å². The molecular weight excluding hydrogens is 406 g/mol. The molecule has 2 aromatic rings. The predicted octanol–water partition coefficient (Wildman–Crippen LogP) is 4.43. The van der Waals surface area contributed by atoms with Crippen molar-refractivity contribution in [3.05, 3.63) is 45.3 Å². The maximum Gasteiger partial charge on any atom is 0.348 e. The Labute approximate surface area is 180 Å². The Kier molecular flexibility index (Phi) is 8.00. The van der Waals surface area contributed by atoms with E-state index in [1.54, 1.807) is 33.8 Å². The third-order valence-corrected chi connectivity index (χ3v) is 5.51. The van der Waals surface area contributed by atoms with Gasteiger partial charge in [-0.3, -0.25) is 4.79 Å². The number of hydrogen-bond acceptors (Lipinski definition) is 7. The van der Waals surface area contributed by atoms with Gasteiger partial charge in [0.05, 0.1) is 18.3 Å². The van der Waals surface area contributed by atoms with Crippen LogP contribution in [0.15, 0.2) is 18.2 Å². The Morgan fingerprint density at radius 2 is 1.77 bits per heavy atom. The molecule has 1 aromatic carbocycles. The number of rotatable bonds is 8. The summed E-state index contributed by atoms with van der Waals surface area (Å²) in [7, 11) is 0. The number of aryl methyl sites for hydroxylation is 1. The first-order valence-corrected chi connectivity index (χ1v) is 10.5. The zero-order valence-corrected chi connectivity index (χ0v) is 18.9.